The average molecular weight is 1010 g/mol. The smallest absolute Gasteiger partial charge is 0.106 e. The molecule has 9 fully saturated rings. The zero-order valence-corrected chi connectivity index (χ0v) is 46.0. The molecule has 0 N–H and O–H groups in total. The number of benzene rings is 6. The maximum absolute atomic E-state index is 5.39. The minimum atomic E-state index is 0.370. The van der Waals surface area contributed by atoms with Crippen LogP contribution in [0.2, 0.25) is 0 Å². The van der Waals surface area contributed by atoms with Crippen LogP contribution in [0.4, 0.5) is 0 Å². The van der Waals surface area contributed by atoms with Gasteiger partial charge < -0.3 is 28.4 Å². The van der Waals surface area contributed by atoms with Crippen molar-refractivity contribution in [3.8, 4) is 0 Å². The first-order chi connectivity index (χ1) is 36.8. The molecule has 6 aliphatic heterocycles. The van der Waals surface area contributed by atoms with Crippen LogP contribution in [0, 0.1) is 0 Å². The number of aryl methyl sites for hydroxylation is 6. The standard InChI is InChI=1S/2C13H16O.C12H14O2.C11H14.2C10H12O/c1-2-9-3-6-11(10-4-5-10)7-12(9)13-8-14-13;1-2-9-5-11(10-3-4-10)7-12(6-9)13-8-14-13;1-2-8-5-9(11-6-13-11)3-4-10(8)12-7-14-12;1-2-9-3-5-10(6-4-9)11-7-8-11;1-2-8-4-3-5-9(6-8)10-7-11-10;1-2-8-5-3-4-6-9(8)10-7-11-10/h3,6-7,10,13H,2,4-5,8H2,1H3;5-7,10,13H,2-4,8H2,1H3;3-5,11-12H,2,6-7H2,1H3;3-6,11H,2,7-8H2,1H3;2*3-6,10H,2,7H2,1H3. The van der Waals surface area contributed by atoms with Gasteiger partial charge in [-0.25, -0.2) is 0 Å². The topological polar surface area (TPSA) is 75.2 Å². The molecule has 6 saturated heterocycles. The summed E-state index contributed by atoms with van der Waals surface area (Å²) >= 11 is 0. The molecular weight excluding hydrogens is 925 g/mol. The fourth-order valence-electron chi connectivity index (χ4n) is 10.2. The largest absolute Gasteiger partial charge is 0.368 e. The van der Waals surface area contributed by atoms with Crippen molar-refractivity contribution in [2.24, 2.45) is 0 Å². The molecule has 6 heterocycles. The molecule has 6 aromatic carbocycles. The Hall–Kier alpha value is -4.92. The van der Waals surface area contributed by atoms with Crippen LogP contribution in [0.5, 0.6) is 0 Å². The van der Waals surface area contributed by atoms with E-state index in [1.165, 1.54) is 111 Å². The molecule has 15 rings (SSSR count). The van der Waals surface area contributed by atoms with Crippen LogP contribution in [0.15, 0.2) is 127 Å². The second kappa shape index (κ2) is 25.5. The minimum absolute atomic E-state index is 0.370. The lowest BCUT2D eigenvalue weighted by atomic mass is 9.98. The third-order valence-corrected chi connectivity index (χ3v) is 16.0. The van der Waals surface area contributed by atoms with Crippen molar-refractivity contribution < 1.29 is 28.4 Å². The third kappa shape index (κ3) is 16.1. The molecule has 396 valence electrons. The Morgan fingerprint density at radius 2 is 0.720 bits per heavy atom. The number of rotatable bonds is 15. The molecule has 3 saturated carbocycles. The quantitative estimate of drug-likeness (QED) is 0.0954. The minimum Gasteiger partial charge on any atom is -0.368 e. The maximum atomic E-state index is 5.39. The van der Waals surface area contributed by atoms with Crippen molar-refractivity contribution in [2.45, 2.75) is 173 Å². The summed E-state index contributed by atoms with van der Waals surface area (Å²) in [6, 6.07) is 46.9. The molecule has 0 radical (unpaired) electrons. The predicted octanol–water partition coefficient (Wildman–Crippen LogP) is 16.6. The molecule has 6 nitrogen and oxygen atoms in total. The van der Waals surface area contributed by atoms with Gasteiger partial charge in [0, 0.05) is 0 Å². The molecule has 6 atom stereocenters. The lowest BCUT2D eigenvalue weighted by molar-refractivity contribution is 0.411. The fraction of sp³-hybridized carbons (Fsp3) is 0.478. The monoisotopic (exact) mass is 1010 g/mol. The van der Waals surface area contributed by atoms with Crippen molar-refractivity contribution >= 4 is 0 Å². The van der Waals surface area contributed by atoms with Gasteiger partial charge in [0.25, 0.3) is 0 Å². The Balaban J connectivity index is 0.000000103. The average Bonchev–Trinajstić information content (AvgIpc) is 4.30. The second-order valence-electron chi connectivity index (χ2n) is 22.0. The summed E-state index contributed by atoms with van der Waals surface area (Å²) in [5.41, 5.74) is 21.6. The summed E-state index contributed by atoms with van der Waals surface area (Å²) in [5, 5.41) is 0. The van der Waals surface area contributed by atoms with Crippen molar-refractivity contribution in [3.63, 3.8) is 0 Å². The molecule has 0 spiro atoms. The van der Waals surface area contributed by atoms with Gasteiger partial charge >= 0.3 is 0 Å². The molecule has 0 aromatic heterocycles. The molecule has 6 heteroatoms. The highest BCUT2D eigenvalue weighted by atomic mass is 16.6. The van der Waals surface area contributed by atoms with Crippen LogP contribution in [0.3, 0.4) is 0 Å². The summed E-state index contributed by atoms with van der Waals surface area (Å²) in [6.07, 6.45) is 17.5. The molecule has 3 aliphatic carbocycles. The van der Waals surface area contributed by atoms with Gasteiger partial charge in [-0.05, 0) is 178 Å². The summed E-state index contributed by atoms with van der Waals surface area (Å²) in [5.74, 6) is 2.62. The number of hydrogen-bond acceptors (Lipinski definition) is 6. The molecule has 0 amide bonds. The van der Waals surface area contributed by atoms with Crippen LogP contribution in [-0.4, -0.2) is 39.6 Å². The van der Waals surface area contributed by atoms with Gasteiger partial charge in [-0.3, -0.25) is 0 Å². The van der Waals surface area contributed by atoms with Gasteiger partial charge in [0.1, 0.15) is 36.6 Å². The van der Waals surface area contributed by atoms with E-state index >= 15 is 0 Å². The van der Waals surface area contributed by atoms with E-state index in [1.54, 1.807) is 11.1 Å². The van der Waals surface area contributed by atoms with Crippen molar-refractivity contribution in [2.75, 3.05) is 39.6 Å². The fourth-order valence-corrected chi connectivity index (χ4v) is 10.2. The van der Waals surface area contributed by atoms with Crippen LogP contribution in [-0.2, 0) is 66.9 Å². The second-order valence-corrected chi connectivity index (χ2v) is 22.0. The van der Waals surface area contributed by atoms with Crippen LogP contribution in [0.1, 0.15) is 218 Å². The van der Waals surface area contributed by atoms with E-state index in [0.29, 0.717) is 36.6 Å². The molecule has 75 heavy (non-hydrogen) atoms. The maximum Gasteiger partial charge on any atom is 0.106 e. The van der Waals surface area contributed by atoms with Crippen LogP contribution >= 0.6 is 0 Å². The molecule has 6 unspecified atom stereocenters. The normalized spacial score (nSPS) is 23.6. The lowest BCUT2D eigenvalue weighted by Crippen LogP contribution is -1.93. The highest BCUT2D eigenvalue weighted by molar-refractivity contribution is 5.40. The molecular formula is C69H84O6. The van der Waals surface area contributed by atoms with E-state index in [-0.39, 0.29) is 0 Å². The number of epoxide rings is 6. The Morgan fingerprint density at radius 1 is 0.280 bits per heavy atom. The number of ether oxygens (including phenoxy) is 6. The highest BCUT2D eigenvalue weighted by Gasteiger charge is 2.33. The highest BCUT2D eigenvalue weighted by Crippen LogP contribution is 2.45. The third-order valence-electron chi connectivity index (χ3n) is 16.0. The van der Waals surface area contributed by atoms with Crippen LogP contribution in [0.25, 0.3) is 0 Å². The van der Waals surface area contributed by atoms with Crippen molar-refractivity contribution in [1.29, 1.82) is 0 Å². The Morgan fingerprint density at radius 3 is 1.27 bits per heavy atom. The van der Waals surface area contributed by atoms with Crippen LogP contribution < -0.4 is 0 Å². The number of hydrogen-bond donors (Lipinski definition) is 0. The Labute approximate surface area is 449 Å². The van der Waals surface area contributed by atoms with Gasteiger partial charge in [0.15, 0.2) is 0 Å². The first kappa shape index (κ1) is 53.5. The zero-order valence-electron chi connectivity index (χ0n) is 46.0. The zero-order chi connectivity index (χ0) is 51.7. The van der Waals surface area contributed by atoms with Gasteiger partial charge in [0.05, 0.1) is 39.6 Å². The summed E-state index contributed by atoms with van der Waals surface area (Å²) in [6.45, 7) is 18.7. The Kier molecular flexibility index (Phi) is 18.2. The summed E-state index contributed by atoms with van der Waals surface area (Å²) in [7, 11) is 0. The molecule has 9 aliphatic rings. The van der Waals surface area contributed by atoms with E-state index in [9.17, 15) is 0 Å². The van der Waals surface area contributed by atoms with Gasteiger partial charge in [0.2, 0.25) is 0 Å². The van der Waals surface area contributed by atoms with Gasteiger partial charge in [-0.2, -0.15) is 0 Å². The van der Waals surface area contributed by atoms with E-state index in [0.717, 1.165) is 95.9 Å². The van der Waals surface area contributed by atoms with E-state index in [2.05, 4.69) is 169 Å². The first-order valence-electron chi connectivity index (χ1n) is 29.2. The van der Waals surface area contributed by atoms with Gasteiger partial charge in [-0.15, -0.1) is 0 Å². The molecule has 0 bridgehead atoms. The molecule has 6 aromatic rings. The summed E-state index contributed by atoms with van der Waals surface area (Å²) < 4.78 is 31.8. The summed E-state index contributed by atoms with van der Waals surface area (Å²) in [4.78, 5) is 0. The van der Waals surface area contributed by atoms with E-state index < -0.39 is 0 Å². The SMILES string of the molecule is CCc1cc(C2CC2)cc(C2CO2)c1.CCc1cc(C2CO2)ccc1C1CO1.CCc1ccc(C2CC2)cc1.CCc1ccc(C2CC2)cc1C1CO1.CCc1cccc(C2CO2)c1.CCc1ccccc1C1CO1. The van der Waals surface area contributed by atoms with Crippen molar-refractivity contribution in [3.05, 3.63) is 211 Å². The lowest BCUT2D eigenvalue weighted by Gasteiger charge is -2.07. The predicted molar refractivity (Wildman–Crippen MR) is 303 cm³/mol. The first-order valence-corrected chi connectivity index (χ1v) is 29.2. The van der Waals surface area contributed by atoms with E-state index in [1.807, 2.05) is 0 Å². The Bertz CT molecular complexity index is 2730. The van der Waals surface area contributed by atoms with E-state index in [4.69, 9.17) is 28.4 Å². The van der Waals surface area contributed by atoms with Gasteiger partial charge in [-0.1, -0.05) is 169 Å². The van der Waals surface area contributed by atoms with Crippen molar-refractivity contribution in [1.82, 2.24) is 0 Å².